The molecule has 0 aliphatic rings. The Balaban J connectivity index is 1.58. The maximum Gasteiger partial charge on any atom is 0.278 e. The van der Waals surface area contributed by atoms with Gasteiger partial charge in [0.2, 0.25) is 5.43 Å². The molecule has 0 bridgehead atoms. The Kier molecular flexibility index (Phi) is 7.05. The van der Waals surface area contributed by atoms with Crippen molar-refractivity contribution in [2.45, 2.75) is 19.9 Å². The van der Waals surface area contributed by atoms with E-state index in [0.29, 0.717) is 16.9 Å². The second-order valence-electron chi connectivity index (χ2n) is 8.40. The van der Waals surface area contributed by atoms with E-state index in [9.17, 15) is 18.8 Å². The summed E-state index contributed by atoms with van der Waals surface area (Å²) in [7, 11) is 1.57. The van der Waals surface area contributed by atoms with Gasteiger partial charge in [0.15, 0.2) is 5.69 Å². The smallest absolute Gasteiger partial charge is 0.278 e. The highest BCUT2D eigenvalue weighted by molar-refractivity contribution is 6.04. The Morgan fingerprint density at radius 1 is 0.972 bits per heavy atom. The summed E-state index contributed by atoms with van der Waals surface area (Å²) in [5.41, 5.74) is 1.53. The van der Waals surface area contributed by atoms with Gasteiger partial charge >= 0.3 is 0 Å². The lowest BCUT2D eigenvalue weighted by atomic mass is 10.1. The molecule has 1 N–H and O–H groups in total. The van der Waals surface area contributed by atoms with E-state index in [1.807, 2.05) is 12.1 Å². The van der Waals surface area contributed by atoms with Crippen molar-refractivity contribution >= 4 is 17.5 Å². The van der Waals surface area contributed by atoms with Crippen LogP contribution in [0.1, 0.15) is 45.1 Å². The number of amides is 2. The van der Waals surface area contributed by atoms with Crippen LogP contribution in [-0.4, -0.2) is 33.5 Å². The van der Waals surface area contributed by atoms with Gasteiger partial charge in [0.1, 0.15) is 11.5 Å². The molecule has 1 aromatic heterocycles. The summed E-state index contributed by atoms with van der Waals surface area (Å²) in [5.74, 6) is -1.37. The largest absolute Gasteiger partial charge is 0.333 e. The van der Waals surface area contributed by atoms with Gasteiger partial charge in [0, 0.05) is 30.1 Å². The van der Waals surface area contributed by atoms with Gasteiger partial charge in [0.05, 0.1) is 6.04 Å². The number of hydrogen-bond acceptors (Lipinski definition) is 4. The number of para-hydroxylation sites is 1. The SMILES string of the molecule is Cc1cc(=O)c(C(=O)N(C)[C@@H](C)c2cccc(NC(=O)c3ccccc3)c2)nn1-c1ccccc1F. The Hall–Kier alpha value is -4.59. The van der Waals surface area contributed by atoms with E-state index in [4.69, 9.17) is 0 Å². The Labute approximate surface area is 207 Å². The molecular formula is C28H25FN4O3. The van der Waals surface area contributed by atoms with E-state index in [-0.39, 0.29) is 17.3 Å². The van der Waals surface area contributed by atoms with Gasteiger partial charge in [-0.1, -0.05) is 42.5 Å². The highest BCUT2D eigenvalue weighted by atomic mass is 19.1. The number of nitrogens with one attached hydrogen (secondary N) is 1. The predicted molar refractivity (Wildman–Crippen MR) is 136 cm³/mol. The highest BCUT2D eigenvalue weighted by Crippen LogP contribution is 2.23. The molecule has 4 aromatic rings. The first-order chi connectivity index (χ1) is 17.3. The maximum absolute atomic E-state index is 14.4. The standard InChI is InChI=1S/C28H25FN4O3/c1-18-16-25(34)26(31-33(18)24-15-8-7-14-23(24)29)28(36)32(3)19(2)21-12-9-13-22(17-21)30-27(35)20-10-5-4-6-11-20/h4-17,19H,1-3H3,(H,30,35)/t19-/m0/s1. The van der Waals surface area contributed by atoms with E-state index in [1.54, 1.807) is 75.5 Å². The first-order valence-corrected chi connectivity index (χ1v) is 11.4. The number of halogens is 1. The molecule has 0 radical (unpaired) electrons. The molecule has 0 saturated heterocycles. The van der Waals surface area contributed by atoms with E-state index >= 15 is 0 Å². The number of carbonyl (C=O) groups excluding carboxylic acids is 2. The number of aryl methyl sites for hydroxylation is 1. The van der Waals surface area contributed by atoms with Crippen LogP contribution in [-0.2, 0) is 0 Å². The summed E-state index contributed by atoms with van der Waals surface area (Å²) < 4.78 is 15.6. The number of nitrogens with zero attached hydrogens (tertiary/aromatic N) is 3. The number of benzene rings is 3. The van der Waals surface area contributed by atoms with Gasteiger partial charge in [0.25, 0.3) is 11.8 Å². The Morgan fingerprint density at radius 3 is 2.39 bits per heavy atom. The number of carbonyl (C=O) groups is 2. The van der Waals surface area contributed by atoms with Crippen LogP contribution in [0.25, 0.3) is 5.69 Å². The molecule has 0 fully saturated rings. The molecule has 0 aliphatic heterocycles. The predicted octanol–water partition coefficient (Wildman–Crippen LogP) is 4.77. The van der Waals surface area contributed by atoms with Crippen LogP contribution in [0.15, 0.2) is 89.7 Å². The normalized spacial score (nSPS) is 11.6. The zero-order valence-electron chi connectivity index (χ0n) is 20.1. The van der Waals surface area contributed by atoms with E-state index in [1.165, 1.54) is 27.8 Å². The molecule has 3 aromatic carbocycles. The first kappa shape index (κ1) is 24.5. The lowest BCUT2D eigenvalue weighted by Crippen LogP contribution is -2.35. The van der Waals surface area contributed by atoms with Crippen molar-refractivity contribution in [2.75, 3.05) is 12.4 Å². The summed E-state index contributed by atoms with van der Waals surface area (Å²) in [6.07, 6.45) is 0. The Bertz CT molecular complexity index is 1480. The van der Waals surface area contributed by atoms with Crippen LogP contribution in [0.4, 0.5) is 10.1 Å². The minimum atomic E-state index is -0.601. The third-order valence-electron chi connectivity index (χ3n) is 5.95. The van der Waals surface area contributed by atoms with Gasteiger partial charge in [-0.15, -0.1) is 0 Å². The second-order valence-corrected chi connectivity index (χ2v) is 8.40. The summed E-state index contributed by atoms with van der Waals surface area (Å²) in [6.45, 7) is 3.43. The fraction of sp³-hybridized carbons (Fsp3) is 0.143. The zero-order valence-corrected chi connectivity index (χ0v) is 20.1. The topological polar surface area (TPSA) is 84.3 Å². The minimum Gasteiger partial charge on any atom is -0.333 e. The number of aromatic nitrogens is 2. The maximum atomic E-state index is 14.4. The molecular weight excluding hydrogens is 459 g/mol. The van der Waals surface area contributed by atoms with Crippen molar-refractivity contribution in [3.63, 3.8) is 0 Å². The summed E-state index contributed by atoms with van der Waals surface area (Å²) in [4.78, 5) is 39.9. The quantitative estimate of drug-likeness (QED) is 0.428. The van der Waals surface area contributed by atoms with Crippen molar-refractivity contribution in [3.05, 3.63) is 123 Å². The molecule has 1 heterocycles. The zero-order chi connectivity index (χ0) is 25.8. The summed E-state index contributed by atoms with van der Waals surface area (Å²) in [6, 6.07) is 22.8. The van der Waals surface area contributed by atoms with Crippen molar-refractivity contribution < 1.29 is 14.0 Å². The van der Waals surface area contributed by atoms with Crippen LogP contribution >= 0.6 is 0 Å². The third-order valence-corrected chi connectivity index (χ3v) is 5.95. The molecule has 182 valence electrons. The summed E-state index contributed by atoms with van der Waals surface area (Å²) in [5, 5.41) is 7.06. The Morgan fingerprint density at radius 2 is 1.67 bits per heavy atom. The van der Waals surface area contributed by atoms with Gasteiger partial charge in [-0.05, 0) is 55.8 Å². The second kappa shape index (κ2) is 10.4. The molecule has 0 saturated carbocycles. The lowest BCUT2D eigenvalue weighted by molar-refractivity contribution is 0.0733. The van der Waals surface area contributed by atoms with Gasteiger partial charge < -0.3 is 10.2 Å². The third kappa shape index (κ3) is 5.07. The molecule has 4 rings (SSSR count). The molecule has 0 aliphatic carbocycles. The lowest BCUT2D eigenvalue weighted by Gasteiger charge is -2.25. The molecule has 7 nitrogen and oxygen atoms in total. The fourth-order valence-corrected chi connectivity index (χ4v) is 3.80. The van der Waals surface area contributed by atoms with Crippen LogP contribution in [0, 0.1) is 12.7 Å². The molecule has 0 spiro atoms. The fourth-order valence-electron chi connectivity index (χ4n) is 3.80. The summed E-state index contributed by atoms with van der Waals surface area (Å²) >= 11 is 0. The van der Waals surface area contributed by atoms with Crippen molar-refractivity contribution in [3.8, 4) is 5.69 Å². The van der Waals surface area contributed by atoms with E-state index < -0.39 is 23.2 Å². The molecule has 2 amide bonds. The molecule has 0 unspecified atom stereocenters. The van der Waals surface area contributed by atoms with Crippen molar-refractivity contribution in [2.24, 2.45) is 0 Å². The molecule has 8 heteroatoms. The van der Waals surface area contributed by atoms with Gasteiger partial charge in [-0.2, -0.15) is 5.10 Å². The highest BCUT2D eigenvalue weighted by Gasteiger charge is 2.24. The van der Waals surface area contributed by atoms with Crippen molar-refractivity contribution in [1.29, 1.82) is 0 Å². The first-order valence-electron chi connectivity index (χ1n) is 11.4. The average Bonchev–Trinajstić information content (AvgIpc) is 2.89. The molecule has 1 atom stereocenters. The number of rotatable bonds is 6. The minimum absolute atomic E-state index is 0.140. The van der Waals surface area contributed by atoms with Gasteiger partial charge in [-0.3, -0.25) is 14.4 Å². The van der Waals surface area contributed by atoms with Crippen LogP contribution in [0.3, 0.4) is 0 Å². The van der Waals surface area contributed by atoms with Gasteiger partial charge in [-0.25, -0.2) is 9.07 Å². The number of hydrogen-bond donors (Lipinski definition) is 1. The van der Waals surface area contributed by atoms with E-state index in [2.05, 4.69) is 10.4 Å². The number of anilines is 1. The molecule has 36 heavy (non-hydrogen) atoms. The van der Waals surface area contributed by atoms with Crippen molar-refractivity contribution in [1.82, 2.24) is 14.7 Å². The monoisotopic (exact) mass is 484 g/mol. The average molecular weight is 485 g/mol. The van der Waals surface area contributed by atoms with Crippen LogP contribution < -0.4 is 10.7 Å². The van der Waals surface area contributed by atoms with E-state index in [0.717, 1.165) is 5.56 Å². The van der Waals surface area contributed by atoms with Crippen LogP contribution in [0.2, 0.25) is 0 Å². The van der Waals surface area contributed by atoms with Crippen LogP contribution in [0.5, 0.6) is 0 Å².